The summed E-state index contributed by atoms with van der Waals surface area (Å²) in [5, 5.41) is 0. The van der Waals surface area contributed by atoms with Crippen molar-refractivity contribution >= 4 is 0 Å². The second-order valence-electron chi connectivity index (χ2n) is 6.61. The highest BCUT2D eigenvalue weighted by molar-refractivity contribution is 5.22. The molecule has 0 amide bonds. The van der Waals surface area contributed by atoms with E-state index in [4.69, 9.17) is 4.74 Å². The molecule has 1 saturated heterocycles. The topological polar surface area (TPSA) is 15.7 Å². The lowest BCUT2D eigenvalue weighted by Gasteiger charge is -2.34. The molecule has 0 bridgehead atoms. The van der Waals surface area contributed by atoms with Gasteiger partial charge in [-0.15, -0.1) is 0 Å². The minimum absolute atomic E-state index is 0.921. The minimum atomic E-state index is 0.921. The lowest BCUT2D eigenvalue weighted by Crippen LogP contribution is -2.46. The molecule has 1 aromatic carbocycles. The first-order valence-electron chi connectivity index (χ1n) is 9.42. The largest absolute Gasteiger partial charge is 0.381 e. The van der Waals surface area contributed by atoms with Crippen LogP contribution in [0, 0.1) is 0 Å². The molecule has 1 aliphatic rings. The van der Waals surface area contributed by atoms with E-state index in [1.54, 1.807) is 0 Å². The zero-order valence-corrected chi connectivity index (χ0v) is 15.1. The van der Waals surface area contributed by atoms with E-state index in [9.17, 15) is 0 Å². The van der Waals surface area contributed by atoms with Crippen LogP contribution in [-0.4, -0.2) is 55.7 Å². The fourth-order valence-corrected chi connectivity index (χ4v) is 3.05. The van der Waals surface area contributed by atoms with Crippen molar-refractivity contribution in [1.29, 1.82) is 0 Å². The Labute approximate surface area is 142 Å². The first-order chi connectivity index (χ1) is 11.3. The van der Waals surface area contributed by atoms with E-state index in [1.807, 2.05) is 0 Å². The molecule has 1 aliphatic heterocycles. The van der Waals surface area contributed by atoms with Crippen molar-refractivity contribution in [2.24, 2.45) is 0 Å². The normalized spacial score (nSPS) is 16.8. The summed E-state index contributed by atoms with van der Waals surface area (Å²) in [5.74, 6) is 0. The summed E-state index contributed by atoms with van der Waals surface area (Å²) in [6.07, 6.45) is 4.71. The van der Waals surface area contributed by atoms with Crippen LogP contribution in [0.5, 0.6) is 0 Å². The monoisotopic (exact) mass is 318 g/mol. The Bertz CT molecular complexity index is 410. The summed E-state index contributed by atoms with van der Waals surface area (Å²) in [5.41, 5.74) is 2.87. The number of rotatable bonds is 10. The quantitative estimate of drug-likeness (QED) is 0.613. The van der Waals surface area contributed by atoms with E-state index in [0.29, 0.717) is 0 Å². The molecular weight excluding hydrogens is 284 g/mol. The average Bonchev–Trinajstić information content (AvgIpc) is 2.60. The third-order valence-corrected chi connectivity index (χ3v) is 4.71. The van der Waals surface area contributed by atoms with Crippen LogP contribution in [0.3, 0.4) is 0 Å². The Morgan fingerprint density at radius 1 is 0.826 bits per heavy atom. The molecule has 1 aromatic rings. The molecule has 0 aromatic heterocycles. The van der Waals surface area contributed by atoms with E-state index in [-0.39, 0.29) is 0 Å². The maximum Gasteiger partial charge on any atom is 0.0478 e. The van der Waals surface area contributed by atoms with Crippen molar-refractivity contribution in [3.8, 4) is 0 Å². The Morgan fingerprint density at radius 2 is 1.43 bits per heavy atom. The lowest BCUT2D eigenvalue weighted by molar-refractivity contribution is 0.0957. The highest BCUT2D eigenvalue weighted by Gasteiger charge is 2.16. The molecule has 1 heterocycles. The summed E-state index contributed by atoms with van der Waals surface area (Å²) in [4.78, 5) is 5.16. The third-order valence-electron chi connectivity index (χ3n) is 4.71. The van der Waals surface area contributed by atoms with Gasteiger partial charge >= 0.3 is 0 Å². The van der Waals surface area contributed by atoms with Gasteiger partial charge in [0.1, 0.15) is 0 Å². The van der Waals surface area contributed by atoms with Gasteiger partial charge in [-0.3, -0.25) is 4.90 Å². The van der Waals surface area contributed by atoms with Crippen LogP contribution in [0.4, 0.5) is 0 Å². The van der Waals surface area contributed by atoms with E-state index < -0.39 is 0 Å². The number of piperazine rings is 1. The molecule has 130 valence electrons. The van der Waals surface area contributed by atoms with Gasteiger partial charge in [0.25, 0.3) is 0 Å². The summed E-state index contributed by atoms with van der Waals surface area (Å²) in [6.45, 7) is 13.3. The number of benzene rings is 1. The van der Waals surface area contributed by atoms with Crippen molar-refractivity contribution in [1.82, 2.24) is 9.80 Å². The van der Waals surface area contributed by atoms with Crippen LogP contribution in [0.15, 0.2) is 24.3 Å². The van der Waals surface area contributed by atoms with Gasteiger partial charge in [0.15, 0.2) is 0 Å². The van der Waals surface area contributed by atoms with Crippen LogP contribution in [0.25, 0.3) is 0 Å². The molecule has 3 nitrogen and oxygen atoms in total. The van der Waals surface area contributed by atoms with Crippen molar-refractivity contribution in [3.05, 3.63) is 35.4 Å². The van der Waals surface area contributed by atoms with Gasteiger partial charge in [-0.25, -0.2) is 0 Å². The zero-order valence-electron chi connectivity index (χ0n) is 15.1. The SMILES string of the molecule is CCCCOCCCN1CCN(Cc2ccc(CC)cc2)CC1. The van der Waals surface area contributed by atoms with Crippen molar-refractivity contribution in [2.75, 3.05) is 45.9 Å². The van der Waals surface area contributed by atoms with Crippen LogP contribution in [-0.2, 0) is 17.7 Å². The number of aryl methyl sites for hydroxylation is 1. The number of nitrogens with zero attached hydrogens (tertiary/aromatic N) is 2. The molecule has 0 saturated carbocycles. The third kappa shape index (κ3) is 7.03. The number of ether oxygens (including phenoxy) is 1. The number of unbranched alkanes of at least 4 members (excludes halogenated alkanes) is 1. The molecule has 23 heavy (non-hydrogen) atoms. The molecule has 0 N–H and O–H groups in total. The van der Waals surface area contributed by atoms with Crippen LogP contribution in [0.1, 0.15) is 44.2 Å². The Hall–Kier alpha value is -0.900. The zero-order chi connectivity index (χ0) is 16.3. The van der Waals surface area contributed by atoms with Gasteiger partial charge in [-0.2, -0.15) is 0 Å². The fourth-order valence-electron chi connectivity index (χ4n) is 3.05. The molecule has 0 radical (unpaired) electrons. The Kier molecular flexibility index (Phi) is 8.66. The maximum absolute atomic E-state index is 5.65. The predicted octanol–water partition coefficient (Wildman–Crippen LogP) is 3.57. The number of hydrogen-bond acceptors (Lipinski definition) is 3. The van der Waals surface area contributed by atoms with E-state index in [1.165, 1.54) is 63.1 Å². The van der Waals surface area contributed by atoms with Crippen LogP contribution >= 0.6 is 0 Å². The summed E-state index contributed by atoms with van der Waals surface area (Å²) in [7, 11) is 0. The molecule has 1 fully saturated rings. The molecule has 0 spiro atoms. The Morgan fingerprint density at radius 3 is 2.09 bits per heavy atom. The molecular formula is C20H34N2O. The molecule has 0 unspecified atom stereocenters. The summed E-state index contributed by atoms with van der Waals surface area (Å²) < 4.78 is 5.65. The second kappa shape index (κ2) is 10.8. The van der Waals surface area contributed by atoms with Gasteiger partial charge in [-0.1, -0.05) is 44.5 Å². The van der Waals surface area contributed by atoms with Crippen molar-refractivity contribution in [2.45, 2.75) is 46.1 Å². The fraction of sp³-hybridized carbons (Fsp3) is 0.700. The first kappa shape index (κ1) is 18.4. The van der Waals surface area contributed by atoms with E-state index in [2.05, 4.69) is 47.9 Å². The second-order valence-corrected chi connectivity index (χ2v) is 6.61. The van der Waals surface area contributed by atoms with E-state index >= 15 is 0 Å². The minimum Gasteiger partial charge on any atom is -0.381 e. The lowest BCUT2D eigenvalue weighted by atomic mass is 10.1. The predicted molar refractivity (Wildman–Crippen MR) is 97.9 cm³/mol. The molecule has 0 atom stereocenters. The number of hydrogen-bond donors (Lipinski definition) is 0. The summed E-state index contributed by atoms with van der Waals surface area (Å²) in [6, 6.07) is 9.12. The van der Waals surface area contributed by atoms with Crippen molar-refractivity contribution in [3.63, 3.8) is 0 Å². The highest BCUT2D eigenvalue weighted by atomic mass is 16.5. The van der Waals surface area contributed by atoms with Crippen molar-refractivity contribution < 1.29 is 4.74 Å². The first-order valence-corrected chi connectivity index (χ1v) is 9.42. The van der Waals surface area contributed by atoms with Gasteiger partial charge in [0.2, 0.25) is 0 Å². The summed E-state index contributed by atoms with van der Waals surface area (Å²) >= 11 is 0. The molecule has 3 heteroatoms. The van der Waals surface area contributed by atoms with Gasteiger partial charge in [0.05, 0.1) is 0 Å². The average molecular weight is 319 g/mol. The van der Waals surface area contributed by atoms with Gasteiger partial charge in [-0.05, 0) is 30.4 Å². The molecule has 0 aliphatic carbocycles. The van der Waals surface area contributed by atoms with Gasteiger partial charge < -0.3 is 9.64 Å². The van der Waals surface area contributed by atoms with Crippen LogP contribution in [0.2, 0.25) is 0 Å². The maximum atomic E-state index is 5.65. The standard InChI is InChI=1S/C20H34N2O/c1-3-5-16-23-17-6-11-21-12-14-22(15-13-21)18-20-9-7-19(4-2)8-10-20/h7-10H,3-6,11-18H2,1-2H3. The highest BCUT2D eigenvalue weighted by Crippen LogP contribution is 2.11. The Balaban J connectivity index is 1.58. The van der Waals surface area contributed by atoms with Crippen LogP contribution < -0.4 is 0 Å². The van der Waals surface area contributed by atoms with E-state index in [0.717, 1.165) is 26.2 Å². The van der Waals surface area contributed by atoms with Gasteiger partial charge in [0, 0.05) is 52.5 Å². The smallest absolute Gasteiger partial charge is 0.0478 e. The molecule has 2 rings (SSSR count).